The van der Waals surface area contributed by atoms with Crippen molar-refractivity contribution in [2.75, 3.05) is 0 Å². The Morgan fingerprint density at radius 2 is 1.91 bits per heavy atom. The van der Waals surface area contributed by atoms with E-state index in [1.165, 1.54) is 43.2 Å². The third-order valence-electron chi connectivity index (χ3n) is 6.40. The summed E-state index contributed by atoms with van der Waals surface area (Å²) < 4.78 is 1.85. The number of fused-ring (bicyclic) bond motifs is 3. The van der Waals surface area contributed by atoms with E-state index in [1.54, 1.807) is 0 Å². The van der Waals surface area contributed by atoms with Crippen LogP contribution in [0.1, 0.15) is 48.8 Å². The molecule has 2 heterocycles. The number of aromatic nitrogens is 4. The molecular formula is C25H28N6S. The lowest BCUT2D eigenvalue weighted by atomic mass is 9.94. The smallest absolute Gasteiger partial charge is 0.184 e. The minimum Gasteiger partial charge on any atom is -0.358 e. The molecule has 0 spiro atoms. The Balaban J connectivity index is 1.47. The van der Waals surface area contributed by atoms with Crippen molar-refractivity contribution in [2.45, 2.75) is 58.2 Å². The number of aryl methyl sites for hydroxylation is 1. The molecule has 6 nitrogen and oxygen atoms in total. The van der Waals surface area contributed by atoms with Gasteiger partial charge in [0.2, 0.25) is 0 Å². The molecular weight excluding hydrogens is 416 g/mol. The van der Waals surface area contributed by atoms with Gasteiger partial charge in [-0.3, -0.25) is 0 Å². The zero-order valence-electron chi connectivity index (χ0n) is 18.4. The average Bonchev–Trinajstić information content (AvgIpc) is 3.32. The van der Waals surface area contributed by atoms with E-state index in [1.807, 2.05) is 10.6 Å². The largest absolute Gasteiger partial charge is 0.358 e. The average molecular weight is 445 g/mol. The molecule has 0 amide bonds. The molecule has 2 aromatic carbocycles. The lowest BCUT2D eigenvalue weighted by Gasteiger charge is -2.36. The first-order valence-corrected chi connectivity index (χ1v) is 11.8. The molecule has 0 saturated heterocycles. The molecule has 4 aromatic rings. The van der Waals surface area contributed by atoms with Gasteiger partial charge in [-0.25, -0.2) is 0 Å². The van der Waals surface area contributed by atoms with Crippen molar-refractivity contribution in [3.8, 4) is 0 Å². The molecule has 1 aliphatic rings. The fraction of sp³-hybridized carbons (Fsp3) is 0.360. The van der Waals surface area contributed by atoms with E-state index < -0.39 is 0 Å². The van der Waals surface area contributed by atoms with E-state index in [9.17, 15) is 0 Å². The number of pyridine rings is 1. The van der Waals surface area contributed by atoms with Crippen LogP contribution in [0.2, 0.25) is 0 Å². The number of rotatable bonds is 5. The molecule has 5 rings (SSSR count). The van der Waals surface area contributed by atoms with Crippen molar-refractivity contribution in [3.05, 3.63) is 71.3 Å². The van der Waals surface area contributed by atoms with Crippen LogP contribution in [-0.2, 0) is 13.1 Å². The van der Waals surface area contributed by atoms with Crippen LogP contribution in [0.3, 0.4) is 0 Å². The van der Waals surface area contributed by atoms with Gasteiger partial charge >= 0.3 is 0 Å². The topological polar surface area (TPSA) is 58.3 Å². The maximum Gasteiger partial charge on any atom is 0.184 e. The lowest BCUT2D eigenvalue weighted by molar-refractivity contribution is 0.235. The highest BCUT2D eigenvalue weighted by atomic mass is 32.1. The Kier molecular flexibility index (Phi) is 5.99. The van der Waals surface area contributed by atoms with E-state index in [2.05, 4.69) is 81.2 Å². The summed E-state index contributed by atoms with van der Waals surface area (Å²) in [6, 6.07) is 19.4. The molecule has 0 aliphatic heterocycles. The Hall–Kier alpha value is -3.06. The van der Waals surface area contributed by atoms with E-state index in [0.29, 0.717) is 12.6 Å². The van der Waals surface area contributed by atoms with Gasteiger partial charge in [-0.2, -0.15) is 4.52 Å². The number of hydrogen-bond acceptors (Lipinski definition) is 4. The normalized spacial score (nSPS) is 14.7. The third kappa shape index (κ3) is 4.30. The third-order valence-corrected chi connectivity index (χ3v) is 6.78. The number of nitrogens with one attached hydrogen (secondary N) is 1. The van der Waals surface area contributed by atoms with Crippen molar-refractivity contribution in [2.24, 2.45) is 0 Å². The van der Waals surface area contributed by atoms with Gasteiger partial charge in [-0.1, -0.05) is 61.2 Å². The monoisotopic (exact) mass is 444 g/mol. The first-order chi connectivity index (χ1) is 15.7. The summed E-state index contributed by atoms with van der Waals surface area (Å²) in [7, 11) is 0. The van der Waals surface area contributed by atoms with Gasteiger partial charge in [0.25, 0.3) is 0 Å². The second-order valence-corrected chi connectivity index (χ2v) is 9.10. The van der Waals surface area contributed by atoms with Crippen LogP contribution in [0.4, 0.5) is 0 Å². The summed E-state index contributed by atoms with van der Waals surface area (Å²) in [5.41, 5.74) is 5.37. The molecule has 0 atom stereocenters. The van der Waals surface area contributed by atoms with Gasteiger partial charge in [0, 0.05) is 30.1 Å². The molecule has 1 saturated carbocycles. The molecule has 164 valence electrons. The standard InChI is InChI=1S/C25H28N6S/c1-18-12-13-23-20(14-18)15-21(24-27-28-29-31(23)24)17-30(22-10-6-3-7-11-22)25(32)26-16-19-8-4-2-5-9-19/h2,4-5,8-9,12-15,22H,3,6-7,10-11,16-17H2,1H3,(H,26,32). The maximum absolute atomic E-state index is 5.93. The van der Waals surface area contributed by atoms with Crippen molar-refractivity contribution in [3.63, 3.8) is 0 Å². The van der Waals surface area contributed by atoms with E-state index in [4.69, 9.17) is 12.2 Å². The van der Waals surface area contributed by atoms with Crippen molar-refractivity contribution in [1.82, 2.24) is 30.3 Å². The first-order valence-electron chi connectivity index (χ1n) is 11.4. The zero-order valence-corrected chi connectivity index (χ0v) is 19.2. The molecule has 0 radical (unpaired) electrons. The summed E-state index contributed by atoms with van der Waals surface area (Å²) in [5.74, 6) is 0. The van der Waals surface area contributed by atoms with E-state index in [0.717, 1.165) is 33.8 Å². The second-order valence-electron chi connectivity index (χ2n) is 8.71. The van der Waals surface area contributed by atoms with Gasteiger partial charge in [0.15, 0.2) is 10.8 Å². The summed E-state index contributed by atoms with van der Waals surface area (Å²) in [6.07, 6.45) is 6.15. The molecule has 0 bridgehead atoms. The Labute approximate surface area is 193 Å². The van der Waals surface area contributed by atoms with E-state index >= 15 is 0 Å². The molecule has 7 heteroatoms. The van der Waals surface area contributed by atoms with Crippen LogP contribution in [-0.4, -0.2) is 36.1 Å². The molecule has 32 heavy (non-hydrogen) atoms. The van der Waals surface area contributed by atoms with Crippen LogP contribution in [0.25, 0.3) is 16.6 Å². The Morgan fingerprint density at radius 1 is 1.09 bits per heavy atom. The van der Waals surface area contributed by atoms with Crippen LogP contribution >= 0.6 is 12.2 Å². The fourth-order valence-corrected chi connectivity index (χ4v) is 5.00. The summed E-state index contributed by atoms with van der Waals surface area (Å²) in [4.78, 5) is 2.36. The Morgan fingerprint density at radius 3 is 2.72 bits per heavy atom. The van der Waals surface area contributed by atoms with E-state index in [-0.39, 0.29) is 0 Å². The number of nitrogens with zero attached hydrogens (tertiary/aromatic N) is 5. The predicted octanol–water partition coefficient (Wildman–Crippen LogP) is 4.80. The van der Waals surface area contributed by atoms with Crippen LogP contribution in [0.5, 0.6) is 0 Å². The molecule has 2 aromatic heterocycles. The van der Waals surface area contributed by atoms with Crippen molar-refractivity contribution >= 4 is 33.9 Å². The van der Waals surface area contributed by atoms with Crippen molar-refractivity contribution < 1.29 is 0 Å². The highest BCUT2D eigenvalue weighted by molar-refractivity contribution is 7.80. The Bertz CT molecular complexity index is 1230. The van der Waals surface area contributed by atoms with Gasteiger partial charge in [-0.15, -0.1) is 5.10 Å². The van der Waals surface area contributed by atoms with Gasteiger partial charge in [0.05, 0.1) is 5.52 Å². The molecule has 1 fully saturated rings. The molecule has 1 aliphatic carbocycles. The van der Waals surface area contributed by atoms with Gasteiger partial charge in [-0.05, 0) is 66.2 Å². The molecule has 1 N–H and O–H groups in total. The molecule has 0 unspecified atom stereocenters. The van der Waals surface area contributed by atoms with Gasteiger partial charge < -0.3 is 10.2 Å². The minimum absolute atomic E-state index is 0.434. The van der Waals surface area contributed by atoms with Crippen LogP contribution in [0.15, 0.2) is 54.6 Å². The SMILES string of the molecule is Cc1ccc2c(c1)cc(CN(C(=S)NCc1ccccc1)C1CCCCC1)c1nnnn12. The maximum atomic E-state index is 5.93. The number of tetrazole rings is 1. The summed E-state index contributed by atoms with van der Waals surface area (Å²) >= 11 is 5.93. The highest BCUT2D eigenvalue weighted by Gasteiger charge is 2.25. The fourth-order valence-electron chi connectivity index (χ4n) is 4.72. The summed E-state index contributed by atoms with van der Waals surface area (Å²) in [6.45, 7) is 3.53. The van der Waals surface area contributed by atoms with Crippen molar-refractivity contribution in [1.29, 1.82) is 0 Å². The predicted molar refractivity (Wildman–Crippen MR) is 131 cm³/mol. The summed E-state index contributed by atoms with van der Waals surface area (Å²) in [5, 5.41) is 18.0. The lowest BCUT2D eigenvalue weighted by Crippen LogP contribution is -2.46. The van der Waals surface area contributed by atoms with Crippen LogP contribution < -0.4 is 5.32 Å². The zero-order chi connectivity index (χ0) is 21.9. The number of thiocarbonyl (C=S) groups is 1. The van der Waals surface area contributed by atoms with Gasteiger partial charge in [0.1, 0.15) is 0 Å². The second kappa shape index (κ2) is 9.20. The van der Waals surface area contributed by atoms with Crippen LogP contribution in [0, 0.1) is 6.92 Å². The number of hydrogen-bond donors (Lipinski definition) is 1. The quantitative estimate of drug-likeness (QED) is 0.447. The number of benzene rings is 2. The minimum atomic E-state index is 0.434. The first kappa shape index (κ1) is 20.8. The highest BCUT2D eigenvalue weighted by Crippen LogP contribution is 2.27.